The fraction of sp³-hybridized carbons (Fsp3) is 0.375. The summed E-state index contributed by atoms with van der Waals surface area (Å²) in [6.45, 7) is 5.69. The largest absolute Gasteiger partial charge is 0.493 e. The van der Waals surface area contributed by atoms with Crippen LogP contribution in [0.3, 0.4) is 0 Å². The van der Waals surface area contributed by atoms with E-state index in [9.17, 15) is 9.59 Å². The van der Waals surface area contributed by atoms with Gasteiger partial charge < -0.3 is 18.9 Å². The first kappa shape index (κ1) is 28.8. The number of esters is 2. The average molecular weight is 519 g/mol. The molecular weight excluding hydrogens is 480 g/mol. The van der Waals surface area contributed by atoms with Crippen LogP contribution in [-0.4, -0.2) is 25.2 Å². The summed E-state index contributed by atoms with van der Waals surface area (Å²) in [6.07, 6.45) is 6.41. The molecule has 38 heavy (non-hydrogen) atoms. The maximum absolute atomic E-state index is 12.7. The van der Waals surface area contributed by atoms with Gasteiger partial charge in [0.05, 0.1) is 24.3 Å². The van der Waals surface area contributed by atoms with Crippen molar-refractivity contribution in [3.63, 3.8) is 0 Å². The third-order valence-electron chi connectivity index (χ3n) is 6.01. The molecule has 0 aliphatic carbocycles. The second-order valence-corrected chi connectivity index (χ2v) is 9.06. The monoisotopic (exact) mass is 518 g/mol. The van der Waals surface area contributed by atoms with Gasteiger partial charge in [0.2, 0.25) is 0 Å². The predicted molar refractivity (Wildman–Crippen MR) is 148 cm³/mol. The molecule has 3 rings (SSSR count). The van der Waals surface area contributed by atoms with Gasteiger partial charge in [0, 0.05) is 11.1 Å². The highest BCUT2D eigenvalue weighted by molar-refractivity contribution is 5.95. The van der Waals surface area contributed by atoms with E-state index < -0.39 is 11.9 Å². The molecule has 3 aromatic carbocycles. The number of carbonyl (C=O) groups is 2. The summed E-state index contributed by atoms with van der Waals surface area (Å²) in [6, 6.07) is 21.4. The van der Waals surface area contributed by atoms with Crippen LogP contribution in [0.2, 0.25) is 0 Å². The van der Waals surface area contributed by atoms with Crippen molar-refractivity contribution in [1.29, 1.82) is 0 Å². The van der Waals surface area contributed by atoms with E-state index in [2.05, 4.69) is 13.8 Å². The first-order valence-electron chi connectivity index (χ1n) is 13.5. The summed E-state index contributed by atoms with van der Waals surface area (Å²) in [7, 11) is 0. The van der Waals surface area contributed by atoms with Gasteiger partial charge in [0.15, 0.2) is 0 Å². The van der Waals surface area contributed by atoms with Gasteiger partial charge in [-0.15, -0.1) is 0 Å². The van der Waals surface area contributed by atoms with E-state index in [1.165, 1.54) is 6.07 Å². The van der Waals surface area contributed by atoms with Gasteiger partial charge in [-0.3, -0.25) is 0 Å². The van der Waals surface area contributed by atoms with Crippen molar-refractivity contribution < 1.29 is 28.5 Å². The Balaban J connectivity index is 1.55. The Hall–Kier alpha value is -3.80. The van der Waals surface area contributed by atoms with Crippen LogP contribution >= 0.6 is 0 Å². The number of ether oxygens (including phenoxy) is 4. The van der Waals surface area contributed by atoms with E-state index in [0.29, 0.717) is 24.7 Å². The molecule has 0 heterocycles. The molecule has 202 valence electrons. The van der Waals surface area contributed by atoms with Crippen LogP contribution in [0.15, 0.2) is 72.8 Å². The molecule has 0 saturated heterocycles. The summed E-state index contributed by atoms with van der Waals surface area (Å²) >= 11 is 0. The van der Waals surface area contributed by atoms with Gasteiger partial charge in [-0.2, -0.15) is 0 Å². The van der Waals surface area contributed by atoms with Gasteiger partial charge in [-0.05, 0) is 43.2 Å². The maximum atomic E-state index is 12.7. The number of unbranched alkanes of at least 4 members (excludes halogenated alkanes) is 4. The highest BCUT2D eigenvalue weighted by atomic mass is 16.5. The van der Waals surface area contributed by atoms with E-state index in [-0.39, 0.29) is 24.3 Å². The minimum absolute atomic E-state index is 0.0759. The van der Waals surface area contributed by atoms with Crippen molar-refractivity contribution in [2.24, 2.45) is 0 Å². The molecule has 0 aliphatic heterocycles. The highest BCUT2D eigenvalue weighted by Crippen LogP contribution is 2.22. The molecule has 0 bridgehead atoms. The minimum atomic E-state index is -0.522. The van der Waals surface area contributed by atoms with Gasteiger partial charge in [0.25, 0.3) is 0 Å². The van der Waals surface area contributed by atoms with Gasteiger partial charge in [-0.1, -0.05) is 82.0 Å². The van der Waals surface area contributed by atoms with Crippen LogP contribution in [0.25, 0.3) is 0 Å². The normalized spacial score (nSPS) is 10.6. The molecule has 0 spiro atoms. The van der Waals surface area contributed by atoms with Crippen molar-refractivity contribution in [3.05, 3.63) is 95.1 Å². The second kappa shape index (κ2) is 16.1. The van der Waals surface area contributed by atoms with E-state index >= 15 is 0 Å². The topological polar surface area (TPSA) is 71.1 Å². The molecule has 0 N–H and O–H groups in total. The van der Waals surface area contributed by atoms with Crippen molar-refractivity contribution in [3.8, 4) is 11.5 Å². The molecule has 0 aromatic heterocycles. The Kier molecular flexibility index (Phi) is 12.2. The fourth-order valence-corrected chi connectivity index (χ4v) is 3.82. The van der Waals surface area contributed by atoms with Gasteiger partial charge in [0.1, 0.15) is 24.7 Å². The van der Waals surface area contributed by atoms with Crippen molar-refractivity contribution >= 4 is 11.9 Å². The van der Waals surface area contributed by atoms with Crippen molar-refractivity contribution in [2.45, 2.75) is 65.6 Å². The number of para-hydroxylation sites is 2. The molecule has 0 saturated carbocycles. The average Bonchev–Trinajstić information content (AvgIpc) is 2.96. The van der Waals surface area contributed by atoms with E-state index in [4.69, 9.17) is 18.9 Å². The Morgan fingerprint density at radius 3 is 1.47 bits per heavy atom. The molecule has 0 unspecified atom stereocenters. The Bertz CT molecular complexity index is 1070. The number of hydrogen-bond acceptors (Lipinski definition) is 6. The Labute approximate surface area is 225 Å². The van der Waals surface area contributed by atoms with E-state index in [1.54, 1.807) is 18.2 Å². The summed E-state index contributed by atoms with van der Waals surface area (Å²) in [5, 5.41) is 0. The summed E-state index contributed by atoms with van der Waals surface area (Å²) in [5.41, 5.74) is 2.15. The highest BCUT2D eigenvalue weighted by Gasteiger charge is 2.15. The third kappa shape index (κ3) is 9.25. The lowest BCUT2D eigenvalue weighted by molar-refractivity contribution is 0.0467. The molecular formula is C32H38O6. The van der Waals surface area contributed by atoms with Crippen LogP contribution in [0.4, 0.5) is 0 Å². The van der Waals surface area contributed by atoms with Gasteiger partial charge >= 0.3 is 11.9 Å². The number of benzene rings is 3. The number of rotatable bonds is 16. The van der Waals surface area contributed by atoms with Crippen molar-refractivity contribution in [1.82, 2.24) is 0 Å². The van der Waals surface area contributed by atoms with Crippen LogP contribution in [0.1, 0.15) is 84.2 Å². The standard InChI is InChI=1S/C32H38O6/c1-3-5-11-20-35-29-18-9-7-14-27(29)23-37-31(33)25-16-13-17-26(22-25)32(34)38-24-28-15-8-10-19-30(28)36-21-12-6-4-2/h7-10,13-19,22H,3-6,11-12,20-21,23-24H2,1-2H3. The SMILES string of the molecule is CCCCCOc1ccccc1COC(=O)c1cccc(C(=O)OCc2ccccc2OCCCCC)c1. The van der Waals surface area contributed by atoms with E-state index in [1.807, 2.05) is 48.5 Å². The molecule has 0 fully saturated rings. The Morgan fingerprint density at radius 1 is 0.579 bits per heavy atom. The molecule has 6 nitrogen and oxygen atoms in total. The zero-order valence-electron chi connectivity index (χ0n) is 22.4. The lowest BCUT2D eigenvalue weighted by Gasteiger charge is -2.13. The quantitative estimate of drug-likeness (QED) is 0.144. The van der Waals surface area contributed by atoms with Gasteiger partial charge in [-0.25, -0.2) is 9.59 Å². The first-order valence-corrected chi connectivity index (χ1v) is 13.5. The maximum Gasteiger partial charge on any atom is 0.338 e. The minimum Gasteiger partial charge on any atom is -0.493 e. The van der Waals surface area contributed by atoms with Crippen LogP contribution in [0, 0.1) is 0 Å². The number of carbonyl (C=O) groups excluding carboxylic acids is 2. The summed E-state index contributed by atoms with van der Waals surface area (Å²) in [5.74, 6) is 0.379. The molecule has 0 radical (unpaired) electrons. The molecule has 3 aromatic rings. The third-order valence-corrected chi connectivity index (χ3v) is 6.01. The van der Waals surface area contributed by atoms with Crippen molar-refractivity contribution in [2.75, 3.05) is 13.2 Å². The van der Waals surface area contributed by atoms with E-state index in [0.717, 1.165) is 49.7 Å². The molecule has 0 aliphatic rings. The molecule has 0 amide bonds. The molecule has 6 heteroatoms. The second-order valence-electron chi connectivity index (χ2n) is 9.06. The first-order chi connectivity index (χ1) is 18.6. The fourth-order valence-electron chi connectivity index (χ4n) is 3.82. The zero-order valence-corrected chi connectivity index (χ0v) is 22.4. The Morgan fingerprint density at radius 2 is 1.03 bits per heavy atom. The predicted octanol–water partition coefficient (Wildman–Crippen LogP) is 7.54. The van der Waals surface area contributed by atoms with Crippen LogP contribution in [-0.2, 0) is 22.7 Å². The lowest BCUT2D eigenvalue weighted by Crippen LogP contribution is -2.10. The zero-order chi connectivity index (χ0) is 27.0. The summed E-state index contributed by atoms with van der Waals surface area (Å²) in [4.78, 5) is 25.5. The van der Waals surface area contributed by atoms with Crippen LogP contribution in [0.5, 0.6) is 11.5 Å². The smallest absolute Gasteiger partial charge is 0.338 e. The lowest BCUT2D eigenvalue weighted by atomic mass is 10.1. The number of hydrogen-bond donors (Lipinski definition) is 0. The van der Waals surface area contributed by atoms with Crippen LogP contribution < -0.4 is 9.47 Å². The molecule has 0 atom stereocenters. The summed E-state index contributed by atoms with van der Waals surface area (Å²) < 4.78 is 22.8.